The van der Waals surface area contributed by atoms with Crippen molar-refractivity contribution in [2.45, 2.75) is 239 Å². The van der Waals surface area contributed by atoms with Gasteiger partial charge in [0.25, 0.3) is 11.6 Å². The zero-order chi connectivity index (χ0) is 76.5. The van der Waals surface area contributed by atoms with E-state index in [0.717, 1.165) is 0 Å². The molecule has 0 saturated carbocycles. The van der Waals surface area contributed by atoms with Crippen LogP contribution in [-0.2, 0) is 98.4 Å². The molecule has 0 amide bonds. The van der Waals surface area contributed by atoms with Gasteiger partial charge in [0, 0.05) is 12.8 Å². The highest BCUT2D eigenvalue weighted by Gasteiger charge is 2.65. The lowest BCUT2D eigenvalue weighted by Gasteiger charge is -2.53. The monoisotopic (exact) mass is 1570 g/mol. The van der Waals surface area contributed by atoms with Crippen molar-refractivity contribution in [1.29, 1.82) is 0 Å². The number of ether oxygens (including phenoxy) is 13. The molecule has 7 aliphatic heterocycles. The van der Waals surface area contributed by atoms with Crippen LogP contribution in [0.2, 0.25) is 0 Å². The van der Waals surface area contributed by atoms with Gasteiger partial charge in [-0.15, -0.1) is 0 Å². The number of carbonyl (C=O) groups is 2. The summed E-state index contributed by atoms with van der Waals surface area (Å²) >= 11 is 0. The Hall–Kier alpha value is -2.13. The maximum atomic E-state index is 14.0. The molecule has 7 heterocycles. The van der Waals surface area contributed by atoms with Crippen LogP contribution in [0, 0.1) is 0 Å². The molecule has 54 heteroatoms. The third-order valence-electron chi connectivity index (χ3n) is 17.3. The highest BCUT2D eigenvalue weighted by Crippen LogP contribution is 2.48. The third kappa shape index (κ3) is 19.9. The molecule has 7 aliphatic rings. The second-order valence-corrected chi connectivity index (χ2v) is 28.0. The Morgan fingerprint density at radius 1 is 0.422 bits per heavy atom. The average molecular weight is 1570 g/mol. The largest absolute Gasteiger partial charge is 0.477 e. The number of hydrogen-bond acceptors (Lipinski definition) is 43. The Balaban J connectivity index is 1.32. The lowest BCUT2D eigenvalue weighted by molar-refractivity contribution is -0.408. The van der Waals surface area contributed by atoms with Crippen molar-refractivity contribution in [3.05, 3.63) is 0 Å². The molecule has 51 nitrogen and oxygen atoms in total. The summed E-state index contributed by atoms with van der Waals surface area (Å²) in [5.41, 5.74) is 11.8. The summed E-state index contributed by atoms with van der Waals surface area (Å²) in [6, 6.07) is -3.91. The Morgan fingerprint density at radius 2 is 0.873 bits per heavy atom. The predicted molar refractivity (Wildman–Crippen MR) is 303 cm³/mol. The fourth-order valence-electron chi connectivity index (χ4n) is 12.0. The first-order valence-electron chi connectivity index (χ1n) is 30.3. The van der Waals surface area contributed by atoms with E-state index < -0.39 is 321 Å². The quantitative estimate of drug-likeness (QED) is 0.0287. The van der Waals surface area contributed by atoms with Gasteiger partial charge in [-0.05, 0) is 0 Å². The first-order chi connectivity index (χ1) is 47.3. The summed E-state index contributed by atoms with van der Waals surface area (Å²) in [5, 5.41) is 240. The van der Waals surface area contributed by atoms with Crippen LogP contribution in [0.25, 0.3) is 0 Å². The number of rotatable bonds is 31. The van der Waals surface area contributed by atoms with Crippen molar-refractivity contribution < 1.29 is 240 Å². The number of phosphoric acid groups is 3. The molecule has 596 valence electrons. The minimum atomic E-state index is -6.10. The summed E-state index contributed by atoms with van der Waals surface area (Å²) in [6.45, 7) is -9.74. The van der Waals surface area contributed by atoms with E-state index in [-0.39, 0.29) is 0 Å². The lowest BCUT2D eigenvalue weighted by atomic mass is 9.89. The molecule has 0 spiro atoms. The highest BCUT2D eigenvalue weighted by atomic mass is 31.2. The second kappa shape index (κ2) is 35.3. The number of carboxylic acid groups (broad SMARTS) is 2. The van der Waals surface area contributed by atoms with Gasteiger partial charge >= 0.3 is 35.4 Å². The molecule has 0 bridgehead atoms. The fourth-order valence-corrected chi connectivity index (χ4v) is 13.6. The number of aliphatic carboxylic acids is 2. The zero-order valence-corrected chi connectivity index (χ0v) is 54.8. The van der Waals surface area contributed by atoms with Gasteiger partial charge in [-0.2, -0.15) is 0 Å². The van der Waals surface area contributed by atoms with Crippen molar-refractivity contribution in [1.82, 2.24) is 0 Å². The Kier molecular flexibility index (Phi) is 30.1. The number of hydrogen-bond donors (Lipinski definition) is 30. The Morgan fingerprint density at radius 3 is 1.42 bits per heavy atom. The Labute approximate surface area is 571 Å². The number of phosphoric ester groups is 3. The van der Waals surface area contributed by atoms with Gasteiger partial charge in [0.15, 0.2) is 31.5 Å². The SMILES string of the molecule is N[C@H]1[C@@H](OP(=O)(O)O)O[C@H](CO[C@@H]2O[C@H](CO[C@]3(C(=O)O)C[C@@H](O[C@]4(C(=O)O)C[C@@H](O)[C@@H](O)[C@@H]([C@H](O)CO)O4)[C@@H](O[C@H]4O[C@H]([C@@H](O)CO)[C@@H](OP(=O)(O)O)[C@H](O[C@H]5O[C@H](C(O)CO)[C@@H](O)[C@H](O[C@H]6O[C@H](CO)[C@@H](O)[C@H](O)[C@H]6O)[C@@H]5O)[C@@H]4O)[C@@H]([C@H](O)CO)O3)[C@@H](OP(=O)(O)O)[C@H](O)[C@H]2N)[C@@H](O)[C@@H]1O. The van der Waals surface area contributed by atoms with E-state index in [9.17, 15) is 165 Å². The van der Waals surface area contributed by atoms with Crippen LogP contribution in [0.3, 0.4) is 0 Å². The summed E-state index contributed by atoms with van der Waals surface area (Å²) in [7, 11) is -17.5. The van der Waals surface area contributed by atoms with Crippen molar-refractivity contribution >= 4 is 35.4 Å². The molecule has 1 unspecified atom stereocenters. The molecule has 102 heavy (non-hydrogen) atoms. The molecule has 7 saturated heterocycles. The van der Waals surface area contributed by atoms with Crippen LogP contribution >= 0.6 is 23.5 Å². The summed E-state index contributed by atoms with van der Waals surface area (Å²) in [6.07, 6.45) is -84.1. The van der Waals surface area contributed by atoms with Crippen LogP contribution in [0.4, 0.5) is 0 Å². The standard InChI is InChI=1S/C48H85N2O49P3/c49-19-24(64)23(63)17(87-41(19)99-102(81,82)83)8-84-40-20(50)25(65)35(97-100(75,76)77)18(88-40)9-85-47(45(71)72)2-15(94-48(46(73)74)1-10(56)21(61)32(95-48)12(58)4-52)36(34(96-47)14(60)6-54)91-44-30(70)38(39(98-101(78,79)80)33(90-44)13(59)5-53)93-43-29(69)37(28(68)31(89-43)11(57)3-51)92-42-27(67)26(66)22(62)16(7-55)86-42/h10-44,51-70H,1-9,49-50H2,(H,71,72)(H,73,74)(H2,75,76,77)(H2,78,79,80)(H2,81,82,83)/t10-,11?,12-,13+,14-,15-,16-,17-,18-,19-,20-,21-,22-,23-,24-,25-,26+,27-,28-,29+,30+,31-,32-,33-,34-,35-,36-,37+,38-,39-,40-,41-,42-,43-,44-,47-,48-/m1/s1. The van der Waals surface area contributed by atoms with Crippen LogP contribution in [0.1, 0.15) is 12.8 Å². The van der Waals surface area contributed by atoms with Crippen molar-refractivity contribution in [2.24, 2.45) is 11.5 Å². The van der Waals surface area contributed by atoms with E-state index in [4.69, 9.17) is 82.1 Å². The van der Waals surface area contributed by atoms with Gasteiger partial charge in [-0.25, -0.2) is 23.3 Å². The van der Waals surface area contributed by atoms with E-state index in [2.05, 4.69) is 4.52 Å². The highest BCUT2D eigenvalue weighted by molar-refractivity contribution is 7.46. The van der Waals surface area contributed by atoms with Gasteiger partial charge in [0.05, 0.1) is 70.5 Å². The maximum Gasteiger partial charge on any atom is 0.471 e. The molecule has 7 fully saturated rings. The van der Waals surface area contributed by atoms with Crippen LogP contribution in [0.5, 0.6) is 0 Å². The first-order valence-corrected chi connectivity index (χ1v) is 34.9. The number of nitrogens with two attached hydrogens (primary N) is 2. The molecule has 0 aromatic carbocycles. The molecule has 7 rings (SSSR count). The normalized spacial score (nSPS) is 45.4. The number of carboxylic acids is 2. The van der Waals surface area contributed by atoms with Gasteiger partial charge in [-0.1, -0.05) is 0 Å². The fraction of sp³-hybridized carbons (Fsp3) is 0.958. The number of aliphatic hydroxyl groups is 20. The second-order valence-electron chi connectivity index (χ2n) is 24.4. The topological polar surface area (TPSA) is 852 Å². The average Bonchev–Trinajstić information content (AvgIpc) is 0.743. The molecular weight excluding hydrogens is 1480 g/mol. The van der Waals surface area contributed by atoms with E-state index >= 15 is 0 Å². The Bertz CT molecular complexity index is 2850. The summed E-state index contributed by atoms with van der Waals surface area (Å²) in [5.74, 6) is -12.3. The minimum absolute atomic E-state index is 1.08. The van der Waals surface area contributed by atoms with Gasteiger partial charge < -0.3 is 215 Å². The summed E-state index contributed by atoms with van der Waals surface area (Å²) < 4.78 is 125. The zero-order valence-electron chi connectivity index (χ0n) is 52.2. The van der Waals surface area contributed by atoms with Crippen LogP contribution in [0.15, 0.2) is 0 Å². The van der Waals surface area contributed by atoms with Crippen molar-refractivity contribution in [3.8, 4) is 0 Å². The smallest absolute Gasteiger partial charge is 0.471 e. The predicted octanol–water partition coefficient (Wildman–Crippen LogP) is -17.6. The molecule has 0 aliphatic carbocycles. The van der Waals surface area contributed by atoms with Crippen LogP contribution < -0.4 is 11.5 Å². The van der Waals surface area contributed by atoms with Crippen LogP contribution in [-0.4, -0.2) is 426 Å². The molecule has 32 N–H and O–H groups in total. The van der Waals surface area contributed by atoms with Crippen molar-refractivity contribution in [3.63, 3.8) is 0 Å². The van der Waals surface area contributed by atoms with Gasteiger partial charge in [0.2, 0.25) is 0 Å². The molecule has 0 aromatic heterocycles. The molecule has 0 radical (unpaired) electrons. The lowest BCUT2D eigenvalue weighted by Crippen LogP contribution is -2.71. The molecule has 0 aromatic rings. The summed E-state index contributed by atoms with van der Waals surface area (Å²) in [4.78, 5) is 86.8. The minimum Gasteiger partial charge on any atom is -0.477 e. The molecular formula is C48H85N2O49P3. The van der Waals surface area contributed by atoms with E-state index in [0.29, 0.717) is 0 Å². The van der Waals surface area contributed by atoms with Gasteiger partial charge in [-0.3, -0.25) is 13.6 Å². The van der Waals surface area contributed by atoms with E-state index in [1.54, 1.807) is 0 Å². The van der Waals surface area contributed by atoms with E-state index in [1.807, 2.05) is 0 Å². The van der Waals surface area contributed by atoms with E-state index in [1.165, 1.54) is 0 Å². The van der Waals surface area contributed by atoms with Gasteiger partial charge in [0.1, 0.15) is 159 Å². The molecule has 37 atom stereocenters. The first kappa shape index (κ1) is 87.1. The van der Waals surface area contributed by atoms with Crippen molar-refractivity contribution in [2.75, 3.05) is 46.2 Å². The maximum absolute atomic E-state index is 14.0. The third-order valence-corrected chi connectivity index (χ3v) is 18.8. The number of aliphatic hydroxyl groups excluding tert-OH is 20.